The molecule has 0 rings (SSSR count). The number of esters is 4. The fourth-order valence-corrected chi connectivity index (χ4v) is 12.9. The number of phosphoric acid groups is 2. The van der Waals surface area contributed by atoms with Crippen molar-refractivity contribution in [2.75, 3.05) is 39.6 Å². The summed E-state index contributed by atoms with van der Waals surface area (Å²) in [5.41, 5.74) is 0. The van der Waals surface area contributed by atoms with Crippen molar-refractivity contribution in [1.29, 1.82) is 0 Å². The number of aliphatic hydroxyl groups excluding tert-OH is 1. The van der Waals surface area contributed by atoms with Crippen LogP contribution in [-0.4, -0.2) is 96.7 Å². The van der Waals surface area contributed by atoms with Crippen LogP contribution in [0.4, 0.5) is 0 Å². The van der Waals surface area contributed by atoms with Gasteiger partial charge in [-0.3, -0.25) is 37.3 Å². The molecular weight excluding hydrogens is 1350 g/mol. The molecule has 0 saturated heterocycles. The maximum atomic E-state index is 13.1. The van der Waals surface area contributed by atoms with Gasteiger partial charge < -0.3 is 33.8 Å². The highest BCUT2D eigenvalue weighted by Crippen LogP contribution is 2.45. The summed E-state index contributed by atoms with van der Waals surface area (Å²) in [6.07, 6.45) is 82.5. The van der Waals surface area contributed by atoms with E-state index >= 15 is 0 Å². The predicted octanol–water partition coefficient (Wildman–Crippen LogP) is 24.3. The molecule has 0 amide bonds. The first-order chi connectivity index (χ1) is 50.7. The lowest BCUT2D eigenvalue weighted by Crippen LogP contribution is -2.30. The van der Waals surface area contributed by atoms with E-state index in [0.29, 0.717) is 32.1 Å². The first-order valence-electron chi connectivity index (χ1n) is 41.5. The molecule has 0 aromatic heterocycles. The second kappa shape index (κ2) is 77.1. The molecular formula is C85H150O17P2. The topological polar surface area (TPSA) is 237 Å². The van der Waals surface area contributed by atoms with E-state index in [-0.39, 0.29) is 25.7 Å². The molecule has 19 heteroatoms. The summed E-state index contributed by atoms with van der Waals surface area (Å²) >= 11 is 0. The summed E-state index contributed by atoms with van der Waals surface area (Å²) in [5, 5.41) is 10.7. The number of carbonyl (C=O) groups excluding carboxylic acids is 4. The molecule has 2 unspecified atom stereocenters. The molecule has 0 aliphatic rings. The summed E-state index contributed by atoms with van der Waals surface area (Å²) in [6, 6.07) is 0. The van der Waals surface area contributed by atoms with Gasteiger partial charge in [0.25, 0.3) is 0 Å². The van der Waals surface area contributed by atoms with E-state index in [2.05, 4.69) is 107 Å². The van der Waals surface area contributed by atoms with E-state index in [0.717, 1.165) is 122 Å². The zero-order valence-electron chi connectivity index (χ0n) is 65.9. The lowest BCUT2D eigenvalue weighted by Gasteiger charge is -2.21. The van der Waals surface area contributed by atoms with Crippen LogP contribution in [0.15, 0.2) is 97.2 Å². The third-order valence-corrected chi connectivity index (χ3v) is 19.5. The van der Waals surface area contributed by atoms with Gasteiger partial charge in [-0.1, -0.05) is 337 Å². The van der Waals surface area contributed by atoms with Crippen LogP contribution in [0.5, 0.6) is 0 Å². The molecule has 3 N–H and O–H groups in total. The quantitative estimate of drug-likeness (QED) is 0.0169. The van der Waals surface area contributed by atoms with Gasteiger partial charge in [0.2, 0.25) is 0 Å². The molecule has 0 bridgehead atoms. The van der Waals surface area contributed by atoms with E-state index in [1.807, 2.05) is 18.2 Å². The number of ether oxygens (including phenoxy) is 4. The van der Waals surface area contributed by atoms with E-state index in [1.54, 1.807) is 0 Å². The van der Waals surface area contributed by atoms with Crippen molar-refractivity contribution >= 4 is 39.5 Å². The first-order valence-corrected chi connectivity index (χ1v) is 44.5. The van der Waals surface area contributed by atoms with E-state index < -0.39 is 97.5 Å². The largest absolute Gasteiger partial charge is 0.472 e. The lowest BCUT2D eigenvalue weighted by atomic mass is 10.0. The SMILES string of the molecule is CC/C=C\C/C=C\C/C=C\C/C=C\C/C=C\C/C=C\CCC(=O)OC[C@H](COP(=O)(O)OC[C@@H](O)COP(=O)(O)OC[C@@H](COC(=O)CCCCCCCCCCCCCCCCC)OC(=O)CCCCCCCCCCCCCCCCC)OC(=O)CCCCCCC/C=C\C/C=C\CCCCC. The molecule has 0 fully saturated rings. The zero-order valence-corrected chi connectivity index (χ0v) is 67.7. The molecule has 0 radical (unpaired) electrons. The maximum Gasteiger partial charge on any atom is 0.472 e. The molecule has 5 atom stereocenters. The van der Waals surface area contributed by atoms with Crippen molar-refractivity contribution in [3.8, 4) is 0 Å². The normalized spacial score (nSPS) is 14.3. The van der Waals surface area contributed by atoms with Gasteiger partial charge >= 0.3 is 39.5 Å². The monoisotopic (exact) mass is 1510 g/mol. The highest BCUT2D eigenvalue weighted by atomic mass is 31.2. The number of rotatable bonds is 78. The van der Waals surface area contributed by atoms with Gasteiger partial charge in [-0.15, -0.1) is 0 Å². The molecule has 602 valence electrons. The number of phosphoric ester groups is 2. The van der Waals surface area contributed by atoms with Gasteiger partial charge in [0.05, 0.1) is 26.4 Å². The molecule has 104 heavy (non-hydrogen) atoms. The molecule has 0 aliphatic heterocycles. The van der Waals surface area contributed by atoms with Gasteiger partial charge in [-0.25, -0.2) is 9.13 Å². The average molecular weight is 1510 g/mol. The smallest absolute Gasteiger partial charge is 0.462 e. The van der Waals surface area contributed by atoms with Gasteiger partial charge in [-0.05, 0) is 96.3 Å². The van der Waals surface area contributed by atoms with Crippen LogP contribution in [0.25, 0.3) is 0 Å². The Bertz CT molecular complexity index is 2350. The van der Waals surface area contributed by atoms with Crippen molar-refractivity contribution in [2.24, 2.45) is 0 Å². The molecule has 0 aliphatic carbocycles. The Balaban J connectivity index is 5.41. The molecule has 0 aromatic carbocycles. The summed E-state index contributed by atoms with van der Waals surface area (Å²) < 4.78 is 68.6. The Labute approximate surface area is 633 Å². The number of hydrogen-bond acceptors (Lipinski definition) is 15. The average Bonchev–Trinajstić information content (AvgIpc) is 0.918. The predicted molar refractivity (Wildman–Crippen MR) is 427 cm³/mol. The summed E-state index contributed by atoms with van der Waals surface area (Å²) in [7, 11) is -9.97. The second-order valence-corrected chi connectivity index (χ2v) is 30.6. The third-order valence-electron chi connectivity index (χ3n) is 17.6. The van der Waals surface area contributed by atoms with Crippen LogP contribution in [0.1, 0.15) is 362 Å². The minimum absolute atomic E-state index is 0.0335. The molecule has 0 saturated carbocycles. The van der Waals surface area contributed by atoms with Crippen LogP contribution < -0.4 is 0 Å². The van der Waals surface area contributed by atoms with Gasteiger partial charge in [0.15, 0.2) is 12.2 Å². The molecule has 0 spiro atoms. The van der Waals surface area contributed by atoms with Crippen molar-refractivity contribution in [3.63, 3.8) is 0 Å². The first kappa shape index (κ1) is 100.0. The minimum atomic E-state index is -5.00. The van der Waals surface area contributed by atoms with Gasteiger partial charge in [0.1, 0.15) is 19.3 Å². The minimum Gasteiger partial charge on any atom is -0.462 e. The van der Waals surface area contributed by atoms with Crippen molar-refractivity contribution < 1.29 is 80.2 Å². The number of hydrogen-bond donors (Lipinski definition) is 3. The molecule has 17 nitrogen and oxygen atoms in total. The van der Waals surface area contributed by atoms with Crippen molar-refractivity contribution in [3.05, 3.63) is 97.2 Å². The Morgan fingerprint density at radius 3 is 0.846 bits per heavy atom. The van der Waals surface area contributed by atoms with Crippen LogP contribution in [-0.2, 0) is 65.4 Å². The summed E-state index contributed by atoms with van der Waals surface area (Å²) in [5.74, 6) is -2.26. The van der Waals surface area contributed by atoms with E-state index in [9.17, 15) is 43.2 Å². The highest BCUT2D eigenvalue weighted by Gasteiger charge is 2.30. The fraction of sp³-hybridized carbons (Fsp3) is 0.765. The second-order valence-electron chi connectivity index (χ2n) is 27.7. The van der Waals surface area contributed by atoms with Crippen LogP contribution in [0, 0.1) is 0 Å². The number of aliphatic hydroxyl groups is 1. The Morgan fingerprint density at radius 1 is 0.279 bits per heavy atom. The number of allylic oxidation sites excluding steroid dienone is 16. The molecule has 0 heterocycles. The van der Waals surface area contributed by atoms with Crippen LogP contribution in [0.2, 0.25) is 0 Å². The lowest BCUT2D eigenvalue weighted by molar-refractivity contribution is -0.161. The molecule has 0 aromatic rings. The summed E-state index contributed by atoms with van der Waals surface area (Å²) in [6.45, 7) is 4.71. The zero-order chi connectivity index (χ0) is 76.0. The van der Waals surface area contributed by atoms with Gasteiger partial charge in [-0.2, -0.15) is 0 Å². The van der Waals surface area contributed by atoms with Crippen LogP contribution >= 0.6 is 15.6 Å². The van der Waals surface area contributed by atoms with Gasteiger partial charge in [0, 0.05) is 25.7 Å². The van der Waals surface area contributed by atoms with Crippen molar-refractivity contribution in [1.82, 2.24) is 0 Å². The summed E-state index contributed by atoms with van der Waals surface area (Å²) in [4.78, 5) is 73.1. The number of unbranched alkanes of at least 4 members (excludes halogenated alkanes) is 36. The van der Waals surface area contributed by atoms with E-state index in [4.69, 9.17) is 37.0 Å². The number of carbonyl (C=O) groups is 4. The highest BCUT2D eigenvalue weighted by molar-refractivity contribution is 7.47. The Kier molecular flexibility index (Phi) is 74.2. The Morgan fingerprint density at radius 2 is 0.519 bits per heavy atom. The fourth-order valence-electron chi connectivity index (χ4n) is 11.3. The third kappa shape index (κ3) is 76.2. The van der Waals surface area contributed by atoms with Crippen molar-refractivity contribution in [2.45, 2.75) is 380 Å². The maximum absolute atomic E-state index is 13.1. The Hall–Kier alpha value is -4.02. The van der Waals surface area contributed by atoms with Crippen LogP contribution in [0.3, 0.4) is 0 Å². The van der Waals surface area contributed by atoms with E-state index in [1.165, 1.54) is 154 Å². The standard InChI is InChI=1S/C85H150O17P2/c1-5-9-13-17-21-25-29-33-37-38-39-40-44-46-50-54-58-62-66-70-83(88)96-76-81(102-85(90)72-68-64-60-56-52-48-43-36-32-28-24-20-16-12-8-4)78-100-104(93,94)98-74-79(86)73-97-103(91,92)99-77-80(101-84(89)71-67-63-59-55-51-47-42-35-31-27-23-19-15-11-7-3)75-95-82(87)69-65-61-57-53-49-45-41-34-30-26-22-18-14-10-6-2/h9,13,21,24-25,28,33,36-37,39-40,43,46,50,58,62,79-81,86H,5-8,10-12,14-20,22-23,26-27,29-32,34-35,38,41-42,44-45,47-49,51-57,59-61,63-78H2,1-4H3,(H,91,92)(H,93,94)/b13-9-,25-21-,28-24-,37-33-,40-39-,43-36-,50-46-,62-58-/t79-,80+,81+/m0/s1.